The number of ether oxygens (including phenoxy) is 2. The summed E-state index contributed by atoms with van der Waals surface area (Å²) in [7, 11) is 0. The van der Waals surface area contributed by atoms with Crippen LogP contribution in [0.1, 0.15) is 112 Å². The molecule has 3 fully saturated rings. The van der Waals surface area contributed by atoms with Gasteiger partial charge in [-0.1, -0.05) is 65.5 Å². The molecule has 0 aliphatic heterocycles. The molecule has 0 saturated heterocycles. The number of carbonyl (C=O) groups excluding carboxylic acids is 2. The Morgan fingerprint density at radius 3 is 2.27 bits per heavy atom. The summed E-state index contributed by atoms with van der Waals surface area (Å²) >= 11 is 0. The van der Waals surface area contributed by atoms with Gasteiger partial charge < -0.3 is 19.7 Å². The highest BCUT2D eigenvalue weighted by atomic mass is 16.6. The zero-order chi connectivity index (χ0) is 33.1. The monoisotopic (exact) mass is 631 g/mol. The van der Waals surface area contributed by atoms with E-state index in [0.29, 0.717) is 30.1 Å². The van der Waals surface area contributed by atoms with Crippen LogP contribution in [0.4, 0.5) is 0 Å². The molecule has 0 aromatic rings. The predicted molar refractivity (Wildman–Crippen MR) is 170 cm³/mol. The maximum atomic E-state index is 13.4. The van der Waals surface area contributed by atoms with E-state index < -0.39 is 49.6 Å². The summed E-state index contributed by atoms with van der Waals surface area (Å²) in [6.45, 7) is 11.5. The van der Waals surface area contributed by atoms with E-state index in [1.165, 1.54) is 57.4 Å². The number of hydrogen-bond donors (Lipinski definition) is 2. The van der Waals surface area contributed by atoms with Gasteiger partial charge in [0.15, 0.2) is 0 Å². The first-order valence-electron chi connectivity index (χ1n) is 17.4. The second-order valence-electron chi connectivity index (χ2n) is 15.6. The third kappa shape index (κ3) is 7.94. The van der Waals surface area contributed by atoms with E-state index in [1.807, 2.05) is 0 Å². The van der Waals surface area contributed by atoms with Gasteiger partial charge in [0.1, 0.15) is 18.8 Å². The first kappa shape index (κ1) is 35.4. The largest absolute Gasteiger partial charge is 0.480 e. The summed E-state index contributed by atoms with van der Waals surface area (Å²) in [6, 6.07) is -1.32. The van der Waals surface area contributed by atoms with Crippen molar-refractivity contribution in [3.63, 3.8) is 0 Å². The first-order chi connectivity index (χ1) is 21.2. The highest BCUT2D eigenvalue weighted by molar-refractivity contribution is 5.80. The quantitative estimate of drug-likeness (QED) is 0.167. The fraction of sp³-hybridized carbons (Fsp3) is 0.833. The Morgan fingerprint density at radius 1 is 0.956 bits per heavy atom. The van der Waals surface area contributed by atoms with Crippen molar-refractivity contribution in [3.8, 4) is 0 Å². The van der Waals surface area contributed by atoms with E-state index in [2.05, 4.69) is 40.7 Å². The van der Waals surface area contributed by atoms with Crippen LogP contribution in [0.15, 0.2) is 11.6 Å². The van der Waals surface area contributed by atoms with E-state index in [9.17, 15) is 29.4 Å². The van der Waals surface area contributed by atoms with Crippen LogP contribution >= 0.6 is 0 Å². The fourth-order valence-electron chi connectivity index (χ4n) is 10.1. The molecule has 9 atom stereocenters. The van der Waals surface area contributed by atoms with Gasteiger partial charge in [-0.3, -0.25) is 24.1 Å². The lowest BCUT2D eigenvalue weighted by molar-refractivity contribution is -0.164. The summed E-state index contributed by atoms with van der Waals surface area (Å²) in [5.41, 5.74) is 1.85. The SMILES string of the molecule is CC(=O)OCC(C(=O)O[C@H]1CC[C@@]2(C)C(=CCC3C2CC[C@@]2(C)C3CC[C@@H]2[C@H](C)CCCC(C)C)C1)N(CC(=O)O)CC(=O)O. The minimum absolute atomic E-state index is 0.0733. The smallest absolute Gasteiger partial charge is 0.327 e. The highest BCUT2D eigenvalue weighted by Gasteiger charge is 2.59. The Bertz CT molecular complexity index is 1120. The molecule has 0 heterocycles. The molecular formula is C36H57NO8. The van der Waals surface area contributed by atoms with Crippen LogP contribution < -0.4 is 0 Å². The average Bonchev–Trinajstić information content (AvgIpc) is 3.29. The lowest BCUT2D eigenvalue weighted by Crippen LogP contribution is -2.52. The van der Waals surface area contributed by atoms with Gasteiger partial charge in [-0.15, -0.1) is 0 Å². The van der Waals surface area contributed by atoms with Crippen LogP contribution in [0.25, 0.3) is 0 Å². The Hall–Kier alpha value is -2.42. The van der Waals surface area contributed by atoms with Crippen LogP contribution in [-0.4, -0.2) is 70.8 Å². The molecule has 9 nitrogen and oxygen atoms in total. The number of esters is 2. The molecule has 4 aliphatic carbocycles. The first-order valence-corrected chi connectivity index (χ1v) is 17.4. The number of allylic oxidation sites excluding steroid dienone is 1. The van der Waals surface area contributed by atoms with E-state index >= 15 is 0 Å². The minimum atomic E-state index is -1.32. The molecule has 0 aromatic carbocycles. The Balaban J connectivity index is 1.44. The summed E-state index contributed by atoms with van der Waals surface area (Å²) < 4.78 is 11.0. The Morgan fingerprint density at radius 2 is 1.64 bits per heavy atom. The number of carboxylic acids is 2. The molecule has 2 N–H and O–H groups in total. The Labute approximate surface area is 269 Å². The van der Waals surface area contributed by atoms with Crippen molar-refractivity contribution in [3.05, 3.63) is 11.6 Å². The van der Waals surface area contributed by atoms with Crippen LogP contribution in [-0.2, 0) is 28.7 Å². The van der Waals surface area contributed by atoms with E-state index in [1.54, 1.807) is 0 Å². The topological polar surface area (TPSA) is 130 Å². The lowest BCUT2D eigenvalue weighted by Gasteiger charge is -2.58. The second-order valence-corrected chi connectivity index (χ2v) is 15.6. The molecule has 4 unspecified atom stereocenters. The summed E-state index contributed by atoms with van der Waals surface area (Å²) in [4.78, 5) is 48.8. The normalized spacial score (nSPS) is 33.8. The molecule has 0 amide bonds. The van der Waals surface area contributed by atoms with Crippen LogP contribution in [0, 0.1) is 46.3 Å². The zero-order valence-corrected chi connectivity index (χ0v) is 28.4. The van der Waals surface area contributed by atoms with Gasteiger partial charge in [0, 0.05) is 13.3 Å². The maximum Gasteiger partial charge on any atom is 0.327 e. The number of carbonyl (C=O) groups is 4. The fourth-order valence-corrected chi connectivity index (χ4v) is 10.1. The molecule has 4 rings (SSSR count). The Kier molecular flexibility index (Phi) is 11.5. The van der Waals surface area contributed by atoms with Gasteiger partial charge in [0.2, 0.25) is 0 Å². The van der Waals surface area contributed by atoms with Crippen LogP contribution in [0.5, 0.6) is 0 Å². The van der Waals surface area contributed by atoms with Crippen LogP contribution in [0.3, 0.4) is 0 Å². The molecule has 254 valence electrons. The molecule has 0 radical (unpaired) electrons. The van der Waals surface area contributed by atoms with E-state index in [0.717, 1.165) is 41.4 Å². The number of rotatable bonds is 14. The van der Waals surface area contributed by atoms with E-state index in [-0.39, 0.29) is 11.5 Å². The molecule has 4 aliphatic rings. The average molecular weight is 632 g/mol. The van der Waals surface area contributed by atoms with Crippen molar-refractivity contribution < 1.29 is 38.9 Å². The van der Waals surface area contributed by atoms with Crippen molar-refractivity contribution in [2.24, 2.45) is 46.3 Å². The predicted octanol–water partition coefficient (Wildman–Crippen LogP) is 6.34. The maximum absolute atomic E-state index is 13.4. The lowest BCUT2D eigenvalue weighted by atomic mass is 9.47. The third-order valence-corrected chi connectivity index (χ3v) is 12.4. The van der Waals surface area contributed by atoms with Crippen molar-refractivity contribution in [2.45, 2.75) is 124 Å². The standard InChI is InChI=1S/C36H57NO8/c1-22(2)8-7-9-23(3)28-12-13-29-27-11-10-25-18-26(14-16-35(25,5)30(27)15-17-36(28,29)6)45-34(43)31(21-44-24(4)38)37(19-32(39)40)20-33(41)42/h10,22-23,26-31H,7-9,11-21H2,1-6H3,(H,39,40)(H,41,42)/t23-,26+,27?,28-,29?,30?,31?,35+,36-/m1/s1. The summed E-state index contributed by atoms with van der Waals surface area (Å²) in [5.74, 6) is 0.459. The molecule has 9 heteroatoms. The zero-order valence-electron chi connectivity index (χ0n) is 28.4. The number of fused-ring (bicyclic) bond motifs is 5. The van der Waals surface area contributed by atoms with Crippen LogP contribution in [0.2, 0.25) is 0 Å². The summed E-state index contributed by atoms with van der Waals surface area (Å²) in [5, 5.41) is 18.7. The molecular weight excluding hydrogens is 574 g/mol. The number of aliphatic carboxylic acids is 2. The van der Waals surface area contributed by atoms with Gasteiger partial charge in [0.25, 0.3) is 0 Å². The third-order valence-electron chi connectivity index (χ3n) is 12.4. The molecule has 0 bridgehead atoms. The van der Waals surface area contributed by atoms with Crippen molar-refractivity contribution in [2.75, 3.05) is 19.7 Å². The molecule has 3 saturated carbocycles. The number of nitrogens with zero attached hydrogens (tertiary/aromatic N) is 1. The second kappa shape index (κ2) is 14.6. The number of hydrogen-bond acceptors (Lipinski definition) is 7. The van der Waals surface area contributed by atoms with Gasteiger partial charge >= 0.3 is 23.9 Å². The van der Waals surface area contributed by atoms with E-state index in [4.69, 9.17) is 9.47 Å². The highest BCUT2D eigenvalue weighted by Crippen LogP contribution is 2.67. The minimum Gasteiger partial charge on any atom is -0.480 e. The summed E-state index contributed by atoms with van der Waals surface area (Å²) in [6.07, 6.45) is 14.6. The van der Waals surface area contributed by atoms with Crippen molar-refractivity contribution in [1.29, 1.82) is 0 Å². The number of carboxylic acid groups (broad SMARTS) is 2. The molecule has 0 spiro atoms. The van der Waals surface area contributed by atoms with Gasteiger partial charge in [-0.2, -0.15) is 0 Å². The molecule has 0 aromatic heterocycles. The van der Waals surface area contributed by atoms with Crippen molar-refractivity contribution in [1.82, 2.24) is 4.90 Å². The van der Waals surface area contributed by atoms with Gasteiger partial charge in [0.05, 0.1) is 13.1 Å². The van der Waals surface area contributed by atoms with Crippen molar-refractivity contribution >= 4 is 23.9 Å². The van der Waals surface area contributed by atoms with Gasteiger partial charge in [-0.25, -0.2) is 0 Å². The van der Waals surface area contributed by atoms with Gasteiger partial charge in [-0.05, 0) is 91.3 Å². The molecule has 45 heavy (non-hydrogen) atoms.